The molecular weight excluding hydrogens is 440 g/mol. The van der Waals surface area contributed by atoms with Gasteiger partial charge in [0.15, 0.2) is 0 Å². The molecule has 1 fully saturated rings. The van der Waals surface area contributed by atoms with Gasteiger partial charge in [-0.1, -0.05) is 89.3 Å². The highest BCUT2D eigenvalue weighted by molar-refractivity contribution is 5.95. The number of rotatable bonds is 8. The van der Waals surface area contributed by atoms with Crippen LogP contribution < -0.4 is 0 Å². The maximum Gasteiger partial charge on any atom is 0.127 e. The normalized spacial score (nSPS) is 29.5. The first-order valence-electron chi connectivity index (χ1n) is 14.3. The van der Waals surface area contributed by atoms with Crippen LogP contribution >= 0.6 is 0 Å². The van der Waals surface area contributed by atoms with Gasteiger partial charge in [-0.15, -0.1) is 0 Å². The lowest BCUT2D eigenvalue weighted by Crippen LogP contribution is -2.48. The molecule has 0 amide bonds. The van der Waals surface area contributed by atoms with E-state index >= 15 is 0 Å². The third-order valence-electron chi connectivity index (χ3n) is 8.71. The van der Waals surface area contributed by atoms with E-state index in [4.69, 9.17) is 4.99 Å². The Labute approximate surface area is 219 Å². The van der Waals surface area contributed by atoms with Gasteiger partial charge in [0.05, 0.1) is 12.6 Å². The van der Waals surface area contributed by atoms with E-state index in [-0.39, 0.29) is 5.41 Å². The van der Waals surface area contributed by atoms with Crippen molar-refractivity contribution in [3.63, 3.8) is 0 Å². The number of hydrogen-bond acceptors (Lipinski definition) is 4. The van der Waals surface area contributed by atoms with Crippen LogP contribution in [0.15, 0.2) is 71.5 Å². The maximum atomic E-state index is 5.11. The first-order chi connectivity index (χ1) is 17.3. The molecular formula is C32H46N4. The summed E-state index contributed by atoms with van der Waals surface area (Å²) in [5.41, 5.74) is 1.64. The largest absolute Gasteiger partial charge is 0.353 e. The number of fused-ring (bicyclic) bond motifs is 2. The highest BCUT2D eigenvalue weighted by Crippen LogP contribution is 2.40. The van der Waals surface area contributed by atoms with Gasteiger partial charge in [0.25, 0.3) is 0 Å². The molecule has 4 nitrogen and oxygen atoms in total. The Morgan fingerprint density at radius 3 is 2.47 bits per heavy atom. The molecule has 0 aromatic heterocycles. The molecule has 0 bridgehead atoms. The molecule has 0 spiro atoms. The van der Waals surface area contributed by atoms with Crippen molar-refractivity contribution >= 4 is 5.84 Å². The van der Waals surface area contributed by atoms with Crippen molar-refractivity contribution in [2.75, 3.05) is 26.2 Å². The monoisotopic (exact) mass is 486 g/mol. The van der Waals surface area contributed by atoms with Gasteiger partial charge in [0.2, 0.25) is 0 Å². The van der Waals surface area contributed by atoms with E-state index in [9.17, 15) is 0 Å². The highest BCUT2D eigenvalue weighted by atomic mass is 15.4. The molecule has 4 atom stereocenters. The molecule has 4 aliphatic rings. The summed E-state index contributed by atoms with van der Waals surface area (Å²) in [5, 5.41) is 0. The van der Waals surface area contributed by atoms with Crippen molar-refractivity contribution in [3.05, 3.63) is 72.1 Å². The predicted molar refractivity (Wildman–Crippen MR) is 152 cm³/mol. The number of allylic oxidation sites excluding steroid dienone is 4. The lowest BCUT2D eigenvalue weighted by atomic mass is 9.78. The fourth-order valence-electron chi connectivity index (χ4n) is 6.76. The van der Waals surface area contributed by atoms with Gasteiger partial charge in [-0.2, -0.15) is 0 Å². The number of nitrogens with zero attached hydrogens (tertiary/aromatic N) is 4. The molecule has 3 heterocycles. The van der Waals surface area contributed by atoms with E-state index in [1.54, 1.807) is 0 Å². The first-order valence-corrected chi connectivity index (χ1v) is 14.3. The van der Waals surface area contributed by atoms with Crippen LogP contribution in [0.2, 0.25) is 0 Å². The van der Waals surface area contributed by atoms with Crippen LogP contribution in [0.1, 0.15) is 59.4 Å². The Hall–Kier alpha value is -2.49. The van der Waals surface area contributed by atoms with Crippen LogP contribution in [0.5, 0.6) is 0 Å². The molecule has 5 rings (SSSR count). The second kappa shape index (κ2) is 10.5. The summed E-state index contributed by atoms with van der Waals surface area (Å²) in [6, 6.07) is 12.6. The Morgan fingerprint density at radius 2 is 1.78 bits per heavy atom. The summed E-state index contributed by atoms with van der Waals surface area (Å²) in [4.78, 5) is 13.3. The summed E-state index contributed by atoms with van der Waals surface area (Å²) in [7, 11) is 0. The minimum absolute atomic E-state index is 0.213. The number of amidine groups is 1. The second-order valence-electron chi connectivity index (χ2n) is 12.5. The van der Waals surface area contributed by atoms with Gasteiger partial charge in [0.1, 0.15) is 11.7 Å². The minimum Gasteiger partial charge on any atom is -0.353 e. The summed E-state index contributed by atoms with van der Waals surface area (Å²) in [6.45, 7) is 16.1. The highest BCUT2D eigenvalue weighted by Gasteiger charge is 2.44. The van der Waals surface area contributed by atoms with Crippen LogP contribution in [0.4, 0.5) is 0 Å². The van der Waals surface area contributed by atoms with Gasteiger partial charge in [-0.25, -0.2) is 0 Å². The molecule has 1 aromatic rings. The summed E-state index contributed by atoms with van der Waals surface area (Å²) in [5.74, 6) is 3.93. The van der Waals surface area contributed by atoms with Gasteiger partial charge in [0, 0.05) is 37.8 Å². The second-order valence-corrected chi connectivity index (χ2v) is 12.5. The van der Waals surface area contributed by atoms with Crippen LogP contribution in [-0.2, 0) is 6.42 Å². The van der Waals surface area contributed by atoms with E-state index in [1.807, 2.05) is 0 Å². The molecule has 1 aliphatic carbocycles. The molecule has 0 N–H and O–H groups in total. The third kappa shape index (κ3) is 5.28. The van der Waals surface area contributed by atoms with Crippen molar-refractivity contribution in [3.8, 4) is 0 Å². The average Bonchev–Trinajstić information content (AvgIpc) is 3.35. The van der Waals surface area contributed by atoms with Crippen LogP contribution in [-0.4, -0.2) is 64.8 Å². The van der Waals surface area contributed by atoms with E-state index in [0.29, 0.717) is 30.0 Å². The van der Waals surface area contributed by atoms with Crippen molar-refractivity contribution in [2.45, 2.75) is 78.4 Å². The first kappa shape index (κ1) is 25.2. The molecule has 36 heavy (non-hydrogen) atoms. The Morgan fingerprint density at radius 1 is 1.00 bits per heavy atom. The molecule has 4 unspecified atom stereocenters. The molecule has 194 valence electrons. The topological polar surface area (TPSA) is 22.1 Å². The van der Waals surface area contributed by atoms with Crippen molar-refractivity contribution in [2.24, 2.45) is 22.2 Å². The van der Waals surface area contributed by atoms with Crippen LogP contribution in [0.25, 0.3) is 0 Å². The van der Waals surface area contributed by atoms with Gasteiger partial charge in [-0.05, 0) is 48.5 Å². The van der Waals surface area contributed by atoms with Crippen molar-refractivity contribution < 1.29 is 0 Å². The smallest absolute Gasteiger partial charge is 0.127 e. The lowest BCUT2D eigenvalue weighted by Gasteiger charge is -2.39. The molecule has 1 aromatic carbocycles. The molecule has 1 saturated heterocycles. The third-order valence-corrected chi connectivity index (χ3v) is 8.71. The molecule has 0 saturated carbocycles. The van der Waals surface area contributed by atoms with E-state index < -0.39 is 0 Å². The summed E-state index contributed by atoms with van der Waals surface area (Å²) in [6.07, 6.45) is 16.4. The number of aliphatic imine (C=N–C) groups is 1. The quantitative estimate of drug-likeness (QED) is 0.441. The number of hydrogen-bond donors (Lipinski definition) is 0. The molecule has 3 aliphatic heterocycles. The SMILES string of the molecule is CC(C)CC1CN2C(=CC3=NCC(C(C)C)N3CC2CC2(C)C=CC=CC2)N1CCc1ccccc1. The Balaban J connectivity index is 1.48. The zero-order chi connectivity index (χ0) is 25.3. The maximum absolute atomic E-state index is 5.11. The zero-order valence-corrected chi connectivity index (χ0v) is 23.1. The Kier molecular flexibility index (Phi) is 7.32. The summed E-state index contributed by atoms with van der Waals surface area (Å²) < 4.78 is 0. The minimum atomic E-state index is 0.213. The van der Waals surface area contributed by atoms with Gasteiger partial charge < -0.3 is 14.7 Å². The van der Waals surface area contributed by atoms with E-state index in [0.717, 1.165) is 39.0 Å². The standard InChI is InChI=1S/C32H46N4/c1-24(2)18-27-22-35-28(20-32(5)15-10-7-11-16-32)23-36-29(25(3)4)21-33-30(36)19-31(35)34(27)17-14-26-12-8-6-9-13-26/h6-13,15,19,24-25,27-29H,14,16-18,20-23H2,1-5H3. The summed E-state index contributed by atoms with van der Waals surface area (Å²) >= 11 is 0. The van der Waals surface area contributed by atoms with Crippen molar-refractivity contribution in [1.29, 1.82) is 0 Å². The van der Waals surface area contributed by atoms with Gasteiger partial charge >= 0.3 is 0 Å². The molecule has 4 heteroatoms. The van der Waals surface area contributed by atoms with Crippen LogP contribution in [0.3, 0.4) is 0 Å². The van der Waals surface area contributed by atoms with Crippen LogP contribution in [0, 0.1) is 17.3 Å². The average molecular weight is 487 g/mol. The van der Waals surface area contributed by atoms with E-state index in [2.05, 4.69) is 110 Å². The lowest BCUT2D eigenvalue weighted by molar-refractivity contribution is 0.156. The fourth-order valence-corrected chi connectivity index (χ4v) is 6.76. The van der Waals surface area contributed by atoms with E-state index in [1.165, 1.54) is 30.1 Å². The fraction of sp³-hybridized carbons (Fsp3) is 0.594. The number of benzene rings is 1. The Bertz CT molecular complexity index is 1020. The van der Waals surface area contributed by atoms with Gasteiger partial charge in [-0.3, -0.25) is 4.99 Å². The van der Waals surface area contributed by atoms with Crippen molar-refractivity contribution in [1.82, 2.24) is 14.7 Å². The zero-order valence-electron chi connectivity index (χ0n) is 23.1. The molecule has 0 radical (unpaired) electrons. The predicted octanol–water partition coefficient (Wildman–Crippen LogP) is 6.14.